The highest BCUT2D eigenvalue weighted by Crippen LogP contribution is 2.02. The lowest BCUT2D eigenvalue weighted by molar-refractivity contribution is -0.145. The summed E-state index contributed by atoms with van der Waals surface area (Å²) in [7, 11) is 4.96. The van der Waals surface area contributed by atoms with E-state index in [0.29, 0.717) is 6.42 Å². The van der Waals surface area contributed by atoms with Crippen LogP contribution in [0.25, 0.3) is 0 Å². The summed E-state index contributed by atoms with van der Waals surface area (Å²) in [5.41, 5.74) is 0. The molecule has 0 aliphatic heterocycles. The molecule has 0 aromatic carbocycles. The van der Waals surface area contributed by atoms with Crippen molar-refractivity contribution in [1.29, 1.82) is 0 Å². The molecule has 6 heteroatoms. The fourth-order valence-corrected chi connectivity index (χ4v) is 1.33. The van der Waals surface area contributed by atoms with Crippen molar-refractivity contribution in [1.82, 2.24) is 10.2 Å². The molecular weight excluding hydrogens is 234 g/mol. The third-order valence-electron chi connectivity index (χ3n) is 2.21. The summed E-state index contributed by atoms with van der Waals surface area (Å²) in [6.07, 6.45) is 3.97. The Bertz CT molecular complexity index is 290. The maximum atomic E-state index is 11.6. The van der Waals surface area contributed by atoms with Gasteiger partial charge in [-0.2, -0.15) is 0 Å². The Labute approximate surface area is 108 Å². The van der Waals surface area contributed by atoms with Gasteiger partial charge in [-0.1, -0.05) is 19.8 Å². The quantitative estimate of drug-likeness (QED) is 0.389. The number of ether oxygens (including phenoxy) is 1. The largest absolute Gasteiger partial charge is 0.467 e. The monoisotopic (exact) mass is 257 g/mol. The first-order valence-electron chi connectivity index (χ1n) is 6.04. The van der Waals surface area contributed by atoms with Gasteiger partial charge < -0.3 is 15.0 Å². The number of rotatable bonds is 8. The molecule has 0 unspecified atom stereocenters. The van der Waals surface area contributed by atoms with Gasteiger partial charge in [-0.3, -0.25) is 9.79 Å². The van der Waals surface area contributed by atoms with Crippen LogP contribution in [0, 0.1) is 0 Å². The number of hydrogen-bond acceptors (Lipinski definition) is 4. The lowest BCUT2D eigenvalue weighted by Crippen LogP contribution is -2.42. The van der Waals surface area contributed by atoms with Gasteiger partial charge in [-0.25, -0.2) is 4.79 Å². The van der Waals surface area contributed by atoms with Crippen molar-refractivity contribution < 1.29 is 14.3 Å². The molecule has 0 aromatic heterocycles. The minimum absolute atomic E-state index is 0.0117. The fourth-order valence-electron chi connectivity index (χ4n) is 1.33. The first kappa shape index (κ1) is 16.4. The number of hydrogen-bond donors (Lipinski definition) is 1. The zero-order chi connectivity index (χ0) is 14.0. The number of methoxy groups -OCH3 is 1. The standard InChI is InChI=1S/C12H23N3O3/c1-5-6-7-10(12(17)18-4)14-11(16)8-13-9-15(2)3/h9-10H,5-8H2,1-4H3,(H,14,16)/t10-/m0/s1. The zero-order valence-corrected chi connectivity index (χ0v) is 11.6. The average Bonchev–Trinajstić information content (AvgIpc) is 2.32. The predicted molar refractivity (Wildman–Crippen MR) is 70.5 cm³/mol. The third-order valence-corrected chi connectivity index (χ3v) is 2.21. The minimum atomic E-state index is -0.572. The first-order valence-corrected chi connectivity index (χ1v) is 6.04. The van der Waals surface area contributed by atoms with Crippen molar-refractivity contribution in [3.63, 3.8) is 0 Å². The molecule has 0 aromatic rings. The van der Waals surface area contributed by atoms with E-state index < -0.39 is 12.0 Å². The lowest BCUT2D eigenvalue weighted by Gasteiger charge is -2.15. The molecule has 0 fully saturated rings. The van der Waals surface area contributed by atoms with E-state index in [2.05, 4.69) is 15.0 Å². The summed E-state index contributed by atoms with van der Waals surface area (Å²) in [6, 6.07) is -0.572. The van der Waals surface area contributed by atoms with Gasteiger partial charge in [0.25, 0.3) is 0 Å². The van der Waals surface area contributed by atoms with Crippen LogP contribution in [0.5, 0.6) is 0 Å². The Hall–Kier alpha value is -1.59. The molecule has 1 amide bonds. The first-order chi connectivity index (χ1) is 8.51. The van der Waals surface area contributed by atoms with Crippen molar-refractivity contribution >= 4 is 18.2 Å². The molecule has 18 heavy (non-hydrogen) atoms. The molecule has 0 radical (unpaired) electrons. The van der Waals surface area contributed by atoms with E-state index in [1.807, 2.05) is 21.0 Å². The van der Waals surface area contributed by atoms with E-state index in [1.165, 1.54) is 7.11 Å². The molecule has 0 rings (SSSR count). The Morgan fingerprint density at radius 3 is 2.61 bits per heavy atom. The van der Waals surface area contributed by atoms with Crippen LogP contribution in [-0.4, -0.2) is 56.9 Å². The molecule has 0 aliphatic carbocycles. The lowest BCUT2D eigenvalue weighted by atomic mass is 10.1. The van der Waals surface area contributed by atoms with E-state index in [0.717, 1.165) is 12.8 Å². The smallest absolute Gasteiger partial charge is 0.328 e. The Balaban J connectivity index is 4.21. The number of amides is 1. The topological polar surface area (TPSA) is 71.0 Å². The maximum absolute atomic E-state index is 11.6. The van der Waals surface area contributed by atoms with Gasteiger partial charge in [-0.15, -0.1) is 0 Å². The van der Waals surface area contributed by atoms with Gasteiger partial charge in [0.15, 0.2) is 0 Å². The summed E-state index contributed by atoms with van der Waals surface area (Å²) >= 11 is 0. The van der Waals surface area contributed by atoms with Crippen LogP contribution >= 0.6 is 0 Å². The van der Waals surface area contributed by atoms with Crippen molar-refractivity contribution in [2.75, 3.05) is 27.7 Å². The molecule has 6 nitrogen and oxygen atoms in total. The van der Waals surface area contributed by atoms with Crippen molar-refractivity contribution in [2.45, 2.75) is 32.2 Å². The number of aliphatic imine (C=N–C) groups is 1. The second-order valence-electron chi connectivity index (χ2n) is 4.21. The SMILES string of the molecule is CCCC[C@H](NC(=O)CN=CN(C)C)C(=O)OC. The fraction of sp³-hybridized carbons (Fsp3) is 0.750. The van der Waals surface area contributed by atoms with Crippen LogP contribution in [0.4, 0.5) is 0 Å². The highest BCUT2D eigenvalue weighted by atomic mass is 16.5. The summed E-state index contributed by atoms with van der Waals surface area (Å²) in [5.74, 6) is -0.687. The number of carbonyl (C=O) groups is 2. The van der Waals surface area contributed by atoms with Crippen LogP contribution in [0.3, 0.4) is 0 Å². The predicted octanol–water partition coefficient (Wildman–Crippen LogP) is 0.424. The third kappa shape index (κ3) is 7.65. The van der Waals surface area contributed by atoms with Gasteiger partial charge >= 0.3 is 5.97 Å². The number of esters is 1. The second-order valence-corrected chi connectivity index (χ2v) is 4.21. The van der Waals surface area contributed by atoms with E-state index >= 15 is 0 Å². The number of carbonyl (C=O) groups excluding carboxylic acids is 2. The van der Waals surface area contributed by atoms with E-state index in [9.17, 15) is 9.59 Å². The Kier molecular flexibility index (Phi) is 8.61. The maximum Gasteiger partial charge on any atom is 0.328 e. The number of nitrogens with one attached hydrogen (secondary N) is 1. The van der Waals surface area contributed by atoms with Gasteiger partial charge in [-0.05, 0) is 6.42 Å². The van der Waals surface area contributed by atoms with Crippen molar-refractivity contribution in [3.05, 3.63) is 0 Å². The summed E-state index contributed by atoms with van der Waals surface area (Å²) in [5, 5.41) is 2.63. The van der Waals surface area contributed by atoms with Gasteiger partial charge in [0, 0.05) is 14.1 Å². The molecule has 1 N–H and O–H groups in total. The molecule has 0 bridgehead atoms. The van der Waals surface area contributed by atoms with Crippen LogP contribution in [-0.2, 0) is 14.3 Å². The zero-order valence-electron chi connectivity index (χ0n) is 11.6. The van der Waals surface area contributed by atoms with Crippen LogP contribution in [0.2, 0.25) is 0 Å². The summed E-state index contributed by atoms with van der Waals surface area (Å²) < 4.78 is 4.65. The van der Waals surface area contributed by atoms with Crippen molar-refractivity contribution in [3.8, 4) is 0 Å². The van der Waals surface area contributed by atoms with Gasteiger partial charge in [0.05, 0.1) is 13.4 Å². The van der Waals surface area contributed by atoms with E-state index in [1.54, 1.807) is 11.2 Å². The average molecular weight is 257 g/mol. The summed E-state index contributed by atoms with van der Waals surface area (Å²) in [4.78, 5) is 28.7. The molecule has 0 aliphatic rings. The Morgan fingerprint density at radius 2 is 2.11 bits per heavy atom. The molecule has 0 saturated heterocycles. The van der Waals surface area contributed by atoms with Crippen molar-refractivity contribution in [2.24, 2.45) is 4.99 Å². The van der Waals surface area contributed by atoms with Crippen LogP contribution in [0.1, 0.15) is 26.2 Å². The highest BCUT2D eigenvalue weighted by molar-refractivity contribution is 5.86. The molecule has 0 heterocycles. The minimum Gasteiger partial charge on any atom is -0.467 e. The Morgan fingerprint density at radius 1 is 1.44 bits per heavy atom. The molecule has 0 spiro atoms. The molecule has 104 valence electrons. The van der Waals surface area contributed by atoms with E-state index in [4.69, 9.17) is 0 Å². The number of nitrogens with zero attached hydrogens (tertiary/aromatic N) is 2. The highest BCUT2D eigenvalue weighted by Gasteiger charge is 2.20. The molecular formula is C12H23N3O3. The summed E-state index contributed by atoms with van der Waals surface area (Å²) in [6.45, 7) is 2.04. The normalized spacial score (nSPS) is 12.2. The van der Waals surface area contributed by atoms with Gasteiger partial charge in [0.2, 0.25) is 5.91 Å². The molecule has 1 atom stereocenters. The van der Waals surface area contributed by atoms with Crippen LogP contribution in [0.15, 0.2) is 4.99 Å². The molecule has 0 saturated carbocycles. The van der Waals surface area contributed by atoms with Crippen LogP contribution < -0.4 is 5.32 Å². The number of unbranched alkanes of at least 4 members (excludes halogenated alkanes) is 1. The van der Waals surface area contributed by atoms with Gasteiger partial charge in [0.1, 0.15) is 12.6 Å². The van der Waals surface area contributed by atoms with E-state index in [-0.39, 0.29) is 12.5 Å². The second kappa shape index (κ2) is 9.44.